The molecule has 0 aliphatic heterocycles. The molecule has 0 unspecified atom stereocenters. The fraction of sp³-hybridized carbons (Fsp3) is 0.105. The summed E-state index contributed by atoms with van der Waals surface area (Å²) in [6.45, 7) is 1.89. The quantitative estimate of drug-likeness (QED) is 0.623. The molecule has 0 aromatic heterocycles. The molecule has 1 aliphatic rings. The summed E-state index contributed by atoms with van der Waals surface area (Å²) in [7, 11) is 0. The van der Waals surface area contributed by atoms with Crippen molar-refractivity contribution >= 4 is 49.4 Å². The first kappa shape index (κ1) is 16.9. The minimum atomic E-state index is -0.922. The van der Waals surface area contributed by atoms with Crippen molar-refractivity contribution in [2.24, 2.45) is 0 Å². The number of halogens is 1. The molecule has 0 fully saturated rings. The minimum absolute atomic E-state index is 0.118. The molecule has 0 amide bonds. The number of carboxylic acids is 1. The monoisotopic (exact) mass is 517 g/mol. The molecule has 24 heavy (non-hydrogen) atoms. The van der Waals surface area contributed by atoms with E-state index in [0.29, 0.717) is 37.4 Å². The van der Waals surface area contributed by atoms with E-state index in [0.717, 1.165) is 28.0 Å². The van der Waals surface area contributed by atoms with Crippen molar-refractivity contribution in [3.8, 4) is 5.75 Å². The van der Waals surface area contributed by atoms with Crippen LogP contribution < -0.4 is 2.69 Å². The molecule has 0 saturated heterocycles. The second-order valence-electron chi connectivity index (χ2n) is 5.59. The predicted octanol–water partition coefficient (Wildman–Crippen LogP) is 4.09. The van der Waals surface area contributed by atoms with Crippen LogP contribution in [0.3, 0.4) is 0 Å². The number of aliphatic carboxylic acids is 1. The van der Waals surface area contributed by atoms with Gasteiger partial charge in [-0.3, -0.25) is 0 Å². The van der Waals surface area contributed by atoms with E-state index in [4.69, 9.17) is 7.79 Å². The van der Waals surface area contributed by atoms with Crippen LogP contribution in [0.15, 0.2) is 48.0 Å². The number of carboxylic acid groups (broad SMARTS) is 1. The normalized spacial score (nSPS) is 14.9. The zero-order valence-electron chi connectivity index (χ0n) is 13.0. The second kappa shape index (κ2) is 6.88. The van der Waals surface area contributed by atoms with Crippen LogP contribution in [0.1, 0.15) is 30.0 Å². The summed E-state index contributed by atoms with van der Waals surface area (Å²) in [5.74, 6) is -0.453. The van der Waals surface area contributed by atoms with E-state index in [9.17, 15) is 9.18 Å². The fourth-order valence-corrected chi connectivity index (χ4v) is 3.46. The Kier molecular flexibility index (Phi) is 4.84. The molecule has 2 aromatic rings. The Morgan fingerprint density at radius 3 is 2.54 bits per heavy atom. The third-order valence-corrected chi connectivity index (χ3v) is 5.01. The van der Waals surface area contributed by atoms with Gasteiger partial charge in [-0.1, -0.05) is 0 Å². The number of rotatable bonds is 4. The van der Waals surface area contributed by atoms with Gasteiger partial charge in [-0.15, -0.1) is 0 Å². The molecule has 2 aromatic carbocycles. The molecule has 0 spiro atoms. The summed E-state index contributed by atoms with van der Waals surface area (Å²) < 4.78 is 18.9. The Hall–Kier alpha value is -1.96. The van der Waals surface area contributed by atoms with Crippen molar-refractivity contribution in [1.82, 2.24) is 0 Å². The van der Waals surface area contributed by atoms with Crippen molar-refractivity contribution in [3.05, 3.63) is 70.5 Å². The third kappa shape index (κ3) is 3.28. The van der Waals surface area contributed by atoms with Gasteiger partial charge in [-0.25, -0.2) is 0 Å². The van der Waals surface area contributed by atoms with Crippen LogP contribution in [-0.2, 0) is 4.79 Å². The van der Waals surface area contributed by atoms with Crippen LogP contribution >= 0.6 is 0 Å². The van der Waals surface area contributed by atoms with Crippen LogP contribution in [0.5, 0.6) is 5.75 Å². The molecule has 0 heterocycles. The molecule has 5 heteroatoms. The number of carbonyl (C=O) groups is 1. The van der Waals surface area contributed by atoms with Gasteiger partial charge in [0.1, 0.15) is 0 Å². The Balaban J connectivity index is 2.11. The first-order chi connectivity index (χ1) is 11.5. The van der Waals surface area contributed by atoms with E-state index in [1.807, 2.05) is 37.3 Å². The van der Waals surface area contributed by atoms with Gasteiger partial charge in [0.25, 0.3) is 0 Å². The number of allylic oxidation sites excluding steroid dienone is 2. The van der Waals surface area contributed by atoms with E-state index in [2.05, 4.69) is 0 Å². The summed E-state index contributed by atoms with van der Waals surface area (Å²) in [4.78, 5) is 11.2. The molecule has 1 N–H and O–H groups in total. The van der Waals surface area contributed by atoms with E-state index >= 15 is 0 Å². The van der Waals surface area contributed by atoms with Crippen molar-refractivity contribution in [3.63, 3.8) is 0 Å². The Labute approximate surface area is 155 Å². The first-order valence-electron chi connectivity index (χ1n) is 7.37. The van der Waals surface area contributed by atoms with Crippen molar-refractivity contribution in [1.29, 1.82) is 0 Å². The SMILES string of the molecule is CC1=C(CC(=O)O)c2cc(F)ccc2/C1=C/c1ccc([O][Pb])cc1. The van der Waals surface area contributed by atoms with Crippen LogP contribution in [0, 0.1) is 5.82 Å². The first-order valence-corrected chi connectivity index (χ1v) is 8.96. The molecule has 1 aliphatic carbocycles. The van der Waals surface area contributed by atoms with Gasteiger partial charge in [0.2, 0.25) is 0 Å². The van der Waals surface area contributed by atoms with Gasteiger partial charge in [0, 0.05) is 0 Å². The van der Waals surface area contributed by atoms with Crippen LogP contribution in [0.4, 0.5) is 4.39 Å². The third-order valence-electron chi connectivity index (χ3n) is 4.09. The fourth-order valence-electron chi connectivity index (χ4n) is 2.93. The summed E-state index contributed by atoms with van der Waals surface area (Å²) in [6.07, 6.45) is 1.88. The van der Waals surface area contributed by atoms with E-state index in [1.165, 1.54) is 12.1 Å². The summed E-state index contributed by atoms with van der Waals surface area (Å²) in [6, 6.07) is 12.2. The van der Waals surface area contributed by atoms with Crippen molar-refractivity contribution in [2.45, 2.75) is 13.3 Å². The van der Waals surface area contributed by atoms with Crippen molar-refractivity contribution < 1.29 is 17.0 Å². The zero-order valence-corrected chi connectivity index (χ0v) is 16.9. The molecule has 3 rings (SSSR count). The standard InChI is InChI=1S/C19H15FO3.Pb/c1-11-16(8-12-2-5-14(21)6-3-12)15-7-4-13(20)9-18(15)17(11)10-19(22)23;/h2-9,21H,10H2,1H3,(H,22,23);/q;+1/p-1/b16-8+;. The predicted molar refractivity (Wildman–Crippen MR) is 91.9 cm³/mol. The Bertz CT molecular complexity index is 867. The van der Waals surface area contributed by atoms with E-state index in [1.54, 1.807) is 6.07 Å². The van der Waals surface area contributed by atoms with E-state index < -0.39 is 5.97 Å². The van der Waals surface area contributed by atoms with Gasteiger partial charge in [-0.05, 0) is 0 Å². The van der Waals surface area contributed by atoms with E-state index in [-0.39, 0.29) is 12.2 Å². The van der Waals surface area contributed by atoms with Crippen LogP contribution in [0.25, 0.3) is 17.2 Å². The molecular weight excluding hydrogens is 502 g/mol. The molecule has 3 nitrogen and oxygen atoms in total. The number of benzene rings is 2. The van der Waals surface area contributed by atoms with Gasteiger partial charge in [-0.2, -0.15) is 0 Å². The molecule has 119 valence electrons. The maximum atomic E-state index is 13.6. The van der Waals surface area contributed by atoms with Gasteiger partial charge in [0.15, 0.2) is 0 Å². The Morgan fingerprint density at radius 2 is 1.92 bits per heavy atom. The van der Waals surface area contributed by atoms with Gasteiger partial charge >= 0.3 is 156 Å². The van der Waals surface area contributed by atoms with Crippen molar-refractivity contribution in [2.75, 3.05) is 0 Å². The average molecular weight is 517 g/mol. The number of fused-ring (bicyclic) bond motifs is 1. The molecule has 0 bridgehead atoms. The summed E-state index contributed by atoms with van der Waals surface area (Å²) in [5.41, 5.74) is 5.00. The Morgan fingerprint density at radius 1 is 1.21 bits per heavy atom. The molecule has 0 atom stereocenters. The van der Waals surface area contributed by atoms with Crippen LogP contribution in [0.2, 0.25) is 0 Å². The van der Waals surface area contributed by atoms with Gasteiger partial charge in [0.05, 0.1) is 0 Å². The topological polar surface area (TPSA) is 46.5 Å². The number of hydrogen-bond donors (Lipinski definition) is 1. The summed E-state index contributed by atoms with van der Waals surface area (Å²) >= 11 is 0.639. The zero-order chi connectivity index (χ0) is 17.3. The molecule has 3 radical (unpaired) electrons. The van der Waals surface area contributed by atoms with Gasteiger partial charge < -0.3 is 0 Å². The maximum absolute atomic E-state index is 13.6. The number of hydrogen-bond acceptors (Lipinski definition) is 2. The summed E-state index contributed by atoms with van der Waals surface area (Å²) in [5, 5.41) is 9.16. The molecular formula is C19H14FO3Pb. The molecule has 0 saturated carbocycles. The second-order valence-corrected chi connectivity index (χ2v) is 6.39. The average Bonchev–Trinajstić information content (AvgIpc) is 2.80. The van der Waals surface area contributed by atoms with Crippen LogP contribution in [-0.4, -0.2) is 37.3 Å².